The van der Waals surface area contributed by atoms with E-state index in [1.807, 2.05) is 50.4 Å². The van der Waals surface area contributed by atoms with Gasteiger partial charge in [0.25, 0.3) is 5.91 Å². The average Bonchev–Trinajstić information content (AvgIpc) is 3.08. The van der Waals surface area contributed by atoms with Crippen LogP contribution in [0.2, 0.25) is 0 Å². The SMILES string of the molecule is Cc1ccc(C(=O)NCC(=O)Nc2nc(-c3ccc(C)cc3C)cs2)cc1. The highest BCUT2D eigenvalue weighted by Gasteiger charge is 2.11. The van der Waals surface area contributed by atoms with Crippen molar-refractivity contribution in [3.05, 3.63) is 70.1 Å². The third kappa shape index (κ3) is 4.80. The summed E-state index contributed by atoms with van der Waals surface area (Å²) in [6.45, 7) is 5.94. The summed E-state index contributed by atoms with van der Waals surface area (Å²) in [6, 6.07) is 13.4. The molecule has 3 aromatic rings. The van der Waals surface area contributed by atoms with Crippen LogP contribution in [0.4, 0.5) is 5.13 Å². The standard InChI is InChI=1S/C21H21N3O2S/c1-13-4-7-16(8-5-13)20(26)22-11-19(25)24-21-23-18(12-27-21)17-9-6-14(2)10-15(17)3/h4-10,12H,11H2,1-3H3,(H,22,26)(H,23,24,25). The Bertz CT molecular complexity index is 977. The maximum absolute atomic E-state index is 12.1. The topological polar surface area (TPSA) is 71.1 Å². The lowest BCUT2D eigenvalue weighted by Gasteiger charge is -2.06. The molecule has 0 fully saturated rings. The van der Waals surface area contributed by atoms with Gasteiger partial charge in [0.05, 0.1) is 12.2 Å². The van der Waals surface area contributed by atoms with Crippen LogP contribution in [-0.2, 0) is 4.79 Å². The van der Waals surface area contributed by atoms with E-state index in [0.717, 1.165) is 22.4 Å². The maximum Gasteiger partial charge on any atom is 0.251 e. The third-order valence-corrected chi connectivity index (χ3v) is 4.89. The Morgan fingerprint density at radius 2 is 1.70 bits per heavy atom. The average molecular weight is 379 g/mol. The fraction of sp³-hybridized carbons (Fsp3) is 0.190. The number of carbonyl (C=O) groups excluding carboxylic acids is 2. The number of aromatic nitrogens is 1. The lowest BCUT2D eigenvalue weighted by atomic mass is 10.0. The van der Waals surface area contributed by atoms with Crippen molar-refractivity contribution in [1.29, 1.82) is 0 Å². The number of thiazole rings is 1. The fourth-order valence-corrected chi connectivity index (χ4v) is 3.41. The van der Waals surface area contributed by atoms with Gasteiger partial charge in [-0.2, -0.15) is 0 Å². The molecule has 0 spiro atoms. The first-order valence-electron chi connectivity index (χ1n) is 8.60. The van der Waals surface area contributed by atoms with E-state index in [-0.39, 0.29) is 18.4 Å². The van der Waals surface area contributed by atoms with Gasteiger partial charge in [0, 0.05) is 16.5 Å². The van der Waals surface area contributed by atoms with E-state index in [4.69, 9.17) is 0 Å². The molecule has 0 aliphatic rings. The van der Waals surface area contributed by atoms with E-state index in [1.54, 1.807) is 12.1 Å². The van der Waals surface area contributed by atoms with Gasteiger partial charge in [-0.25, -0.2) is 4.98 Å². The minimum atomic E-state index is -0.308. The molecule has 138 valence electrons. The predicted molar refractivity (Wildman–Crippen MR) is 109 cm³/mol. The summed E-state index contributed by atoms with van der Waals surface area (Å²) in [6.07, 6.45) is 0. The Kier molecular flexibility index (Phi) is 5.66. The fourth-order valence-electron chi connectivity index (χ4n) is 2.69. The van der Waals surface area contributed by atoms with Crippen molar-refractivity contribution in [2.24, 2.45) is 0 Å². The van der Waals surface area contributed by atoms with Crippen LogP contribution in [0.5, 0.6) is 0 Å². The first-order chi connectivity index (χ1) is 12.9. The second-order valence-electron chi connectivity index (χ2n) is 6.45. The molecular weight excluding hydrogens is 358 g/mol. The minimum Gasteiger partial charge on any atom is -0.343 e. The van der Waals surface area contributed by atoms with Crippen LogP contribution in [0.1, 0.15) is 27.0 Å². The number of hydrogen-bond acceptors (Lipinski definition) is 4. The predicted octanol–water partition coefficient (Wildman–Crippen LogP) is 4.10. The molecule has 0 saturated heterocycles. The van der Waals surface area contributed by atoms with Crippen molar-refractivity contribution in [1.82, 2.24) is 10.3 Å². The van der Waals surface area contributed by atoms with E-state index < -0.39 is 0 Å². The van der Waals surface area contributed by atoms with E-state index >= 15 is 0 Å². The van der Waals surface area contributed by atoms with E-state index in [2.05, 4.69) is 21.7 Å². The van der Waals surface area contributed by atoms with Crippen LogP contribution in [0.15, 0.2) is 47.8 Å². The highest BCUT2D eigenvalue weighted by molar-refractivity contribution is 7.14. The lowest BCUT2D eigenvalue weighted by Crippen LogP contribution is -2.32. The summed E-state index contributed by atoms with van der Waals surface area (Å²) >= 11 is 1.36. The minimum absolute atomic E-state index is 0.106. The zero-order chi connectivity index (χ0) is 19.4. The van der Waals surface area contributed by atoms with Gasteiger partial charge in [0.1, 0.15) is 0 Å². The number of hydrogen-bond donors (Lipinski definition) is 2. The molecule has 0 radical (unpaired) electrons. The Hall–Kier alpha value is -2.99. The summed E-state index contributed by atoms with van der Waals surface area (Å²) in [4.78, 5) is 28.6. The van der Waals surface area contributed by atoms with Crippen molar-refractivity contribution in [3.8, 4) is 11.3 Å². The molecule has 2 amide bonds. The molecule has 0 aliphatic heterocycles. The van der Waals surface area contributed by atoms with Gasteiger partial charge in [0.2, 0.25) is 5.91 Å². The van der Waals surface area contributed by atoms with Crippen LogP contribution in [0, 0.1) is 20.8 Å². The first kappa shape index (κ1) is 18.8. The zero-order valence-electron chi connectivity index (χ0n) is 15.5. The van der Waals surface area contributed by atoms with E-state index in [9.17, 15) is 9.59 Å². The van der Waals surface area contributed by atoms with Gasteiger partial charge in [-0.05, 0) is 38.5 Å². The lowest BCUT2D eigenvalue weighted by molar-refractivity contribution is -0.115. The number of carbonyl (C=O) groups is 2. The number of amides is 2. The molecule has 0 aliphatic carbocycles. The molecule has 0 bridgehead atoms. The Morgan fingerprint density at radius 3 is 2.41 bits per heavy atom. The number of benzene rings is 2. The van der Waals surface area contributed by atoms with E-state index in [0.29, 0.717) is 10.7 Å². The number of aryl methyl sites for hydroxylation is 3. The quantitative estimate of drug-likeness (QED) is 0.701. The van der Waals surface area contributed by atoms with Gasteiger partial charge in [-0.3, -0.25) is 9.59 Å². The highest BCUT2D eigenvalue weighted by Crippen LogP contribution is 2.27. The molecule has 0 unspecified atom stereocenters. The molecular formula is C21H21N3O2S. The first-order valence-corrected chi connectivity index (χ1v) is 9.48. The van der Waals surface area contributed by atoms with Gasteiger partial charge in [-0.15, -0.1) is 11.3 Å². The Morgan fingerprint density at radius 1 is 1.00 bits per heavy atom. The largest absolute Gasteiger partial charge is 0.343 e. The Balaban J connectivity index is 1.58. The molecule has 0 saturated carbocycles. The zero-order valence-corrected chi connectivity index (χ0v) is 16.3. The van der Waals surface area contributed by atoms with E-state index in [1.165, 1.54) is 16.9 Å². The number of rotatable bonds is 5. The molecule has 1 heterocycles. The number of nitrogens with one attached hydrogen (secondary N) is 2. The maximum atomic E-state index is 12.1. The van der Waals surface area contributed by atoms with Gasteiger partial charge < -0.3 is 10.6 Å². The van der Waals surface area contributed by atoms with Crippen LogP contribution in [0.3, 0.4) is 0 Å². The van der Waals surface area contributed by atoms with Gasteiger partial charge in [0.15, 0.2) is 5.13 Å². The molecule has 0 atom stereocenters. The second kappa shape index (κ2) is 8.14. The summed E-state index contributed by atoms with van der Waals surface area (Å²) in [5.41, 5.74) is 5.82. The van der Waals surface area contributed by atoms with Crippen molar-refractivity contribution in [2.75, 3.05) is 11.9 Å². The van der Waals surface area contributed by atoms with Gasteiger partial charge >= 0.3 is 0 Å². The molecule has 6 heteroatoms. The highest BCUT2D eigenvalue weighted by atomic mass is 32.1. The molecule has 2 aromatic carbocycles. The molecule has 27 heavy (non-hydrogen) atoms. The van der Waals surface area contributed by atoms with Crippen molar-refractivity contribution < 1.29 is 9.59 Å². The van der Waals surface area contributed by atoms with Crippen LogP contribution in [0.25, 0.3) is 11.3 Å². The molecule has 1 aromatic heterocycles. The van der Waals surface area contributed by atoms with Crippen molar-refractivity contribution >= 4 is 28.3 Å². The van der Waals surface area contributed by atoms with Crippen LogP contribution in [-0.4, -0.2) is 23.3 Å². The molecule has 3 rings (SSSR count). The third-order valence-electron chi connectivity index (χ3n) is 4.13. The molecule has 5 nitrogen and oxygen atoms in total. The number of nitrogens with zero attached hydrogens (tertiary/aromatic N) is 1. The normalized spacial score (nSPS) is 10.5. The number of anilines is 1. The summed E-state index contributed by atoms with van der Waals surface area (Å²) in [5, 5.41) is 7.78. The monoisotopic (exact) mass is 379 g/mol. The summed E-state index contributed by atoms with van der Waals surface area (Å²) in [5.74, 6) is -0.586. The summed E-state index contributed by atoms with van der Waals surface area (Å²) < 4.78 is 0. The second-order valence-corrected chi connectivity index (χ2v) is 7.31. The van der Waals surface area contributed by atoms with Crippen LogP contribution >= 0.6 is 11.3 Å². The van der Waals surface area contributed by atoms with Crippen molar-refractivity contribution in [3.63, 3.8) is 0 Å². The van der Waals surface area contributed by atoms with Gasteiger partial charge in [-0.1, -0.05) is 41.5 Å². The van der Waals surface area contributed by atoms with Crippen molar-refractivity contribution in [2.45, 2.75) is 20.8 Å². The summed E-state index contributed by atoms with van der Waals surface area (Å²) in [7, 11) is 0. The van der Waals surface area contributed by atoms with Crippen LogP contribution < -0.4 is 10.6 Å². The smallest absolute Gasteiger partial charge is 0.251 e. The Labute approximate surface area is 162 Å². The molecule has 2 N–H and O–H groups in total.